The molecule has 0 aliphatic carbocycles. The summed E-state index contributed by atoms with van der Waals surface area (Å²) in [6.07, 6.45) is 3.49. The topological polar surface area (TPSA) is 81.8 Å². The van der Waals surface area contributed by atoms with Crippen molar-refractivity contribution in [3.63, 3.8) is 0 Å². The minimum Gasteiger partial charge on any atom is -0.494 e. The number of guanidine groups is 1. The number of nitrogens with two attached hydrogens (primary N) is 1. The van der Waals surface area contributed by atoms with Gasteiger partial charge in [0.05, 0.1) is 25.4 Å². The number of rotatable bonds is 7. The van der Waals surface area contributed by atoms with Crippen molar-refractivity contribution in [3.8, 4) is 11.5 Å². The van der Waals surface area contributed by atoms with E-state index in [2.05, 4.69) is 15.3 Å². The molecule has 6 nitrogen and oxygen atoms in total. The Labute approximate surface area is 136 Å². The largest absolute Gasteiger partial charge is 0.494 e. The van der Waals surface area contributed by atoms with E-state index < -0.39 is 0 Å². The number of nitrogens with one attached hydrogen (secondary N) is 1. The summed E-state index contributed by atoms with van der Waals surface area (Å²) >= 11 is 0. The smallest absolute Gasteiger partial charge is 0.193 e. The molecule has 6 heteroatoms. The van der Waals surface area contributed by atoms with Gasteiger partial charge in [0, 0.05) is 18.5 Å². The minimum atomic E-state index is 0.309. The van der Waals surface area contributed by atoms with Gasteiger partial charge in [-0.1, -0.05) is 6.07 Å². The maximum absolute atomic E-state index is 5.96. The summed E-state index contributed by atoms with van der Waals surface area (Å²) in [5.74, 6) is 1.76. The third kappa shape index (κ3) is 5.18. The highest BCUT2D eigenvalue weighted by atomic mass is 16.5. The quantitative estimate of drug-likeness (QED) is 0.606. The van der Waals surface area contributed by atoms with E-state index in [1.54, 1.807) is 12.4 Å². The second-order valence-corrected chi connectivity index (χ2v) is 4.71. The predicted molar refractivity (Wildman–Crippen MR) is 92.0 cm³/mol. The standard InChI is InChI=1S/C17H22N4O2/c1-3-22-14-7-8-16(23-4-2)15(10-14)21-17(18)20-12-13-6-5-9-19-11-13/h5-11H,3-4,12H2,1-2H3,(H3,18,20,21). The Morgan fingerprint density at radius 1 is 1.22 bits per heavy atom. The lowest BCUT2D eigenvalue weighted by atomic mass is 10.2. The van der Waals surface area contributed by atoms with Gasteiger partial charge >= 0.3 is 0 Å². The predicted octanol–water partition coefficient (Wildman–Crippen LogP) is 2.81. The van der Waals surface area contributed by atoms with Crippen molar-refractivity contribution < 1.29 is 9.47 Å². The first-order chi connectivity index (χ1) is 11.2. The van der Waals surface area contributed by atoms with Crippen LogP contribution in [0.5, 0.6) is 11.5 Å². The maximum Gasteiger partial charge on any atom is 0.193 e. The first kappa shape index (κ1) is 16.6. The second-order valence-electron chi connectivity index (χ2n) is 4.71. The zero-order valence-corrected chi connectivity index (χ0v) is 13.5. The highest BCUT2D eigenvalue weighted by molar-refractivity contribution is 5.94. The fourth-order valence-corrected chi connectivity index (χ4v) is 1.99. The highest BCUT2D eigenvalue weighted by Gasteiger charge is 2.07. The van der Waals surface area contributed by atoms with E-state index in [4.69, 9.17) is 15.2 Å². The van der Waals surface area contributed by atoms with Crippen molar-refractivity contribution in [3.05, 3.63) is 48.3 Å². The molecule has 1 aromatic heterocycles. The molecule has 3 N–H and O–H groups in total. The van der Waals surface area contributed by atoms with E-state index in [1.165, 1.54) is 0 Å². The van der Waals surface area contributed by atoms with Crippen molar-refractivity contribution in [1.82, 2.24) is 4.98 Å². The van der Waals surface area contributed by atoms with Crippen molar-refractivity contribution in [2.75, 3.05) is 18.5 Å². The van der Waals surface area contributed by atoms with Crippen LogP contribution in [0.4, 0.5) is 5.69 Å². The van der Waals surface area contributed by atoms with Crippen LogP contribution in [0.2, 0.25) is 0 Å². The summed E-state index contributed by atoms with van der Waals surface area (Å²) in [4.78, 5) is 8.36. The van der Waals surface area contributed by atoms with Crippen molar-refractivity contribution >= 4 is 11.6 Å². The van der Waals surface area contributed by atoms with Crippen molar-refractivity contribution in [2.45, 2.75) is 20.4 Å². The van der Waals surface area contributed by atoms with Gasteiger partial charge in [-0.05, 0) is 37.6 Å². The van der Waals surface area contributed by atoms with E-state index in [0.29, 0.717) is 31.5 Å². The van der Waals surface area contributed by atoms with Gasteiger partial charge in [-0.15, -0.1) is 0 Å². The zero-order valence-electron chi connectivity index (χ0n) is 13.5. The third-order valence-electron chi connectivity index (χ3n) is 2.98. The van der Waals surface area contributed by atoms with Gasteiger partial charge in [0.1, 0.15) is 11.5 Å². The molecule has 122 valence electrons. The van der Waals surface area contributed by atoms with Crippen LogP contribution in [-0.2, 0) is 6.54 Å². The fraction of sp³-hybridized carbons (Fsp3) is 0.294. The van der Waals surface area contributed by atoms with Crippen molar-refractivity contribution in [1.29, 1.82) is 0 Å². The molecule has 0 bridgehead atoms. The monoisotopic (exact) mass is 314 g/mol. The SMILES string of the molecule is CCOc1ccc(OCC)c(NC(N)=NCc2cccnc2)c1. The number of hydrogen-bond donors (Lipinski definition) is 2. The number of aliphatic imine (C=N–C) groups is 1. The lowest BCUT2D eigenvalue weighted by molar-refractivity contribution is 0.332. The summed E-state index contributed by atoms with van der Waals surface area (Å²) < 4.78 is 11.1. The fourth-order valence-electron chi connectivity index (χ4n) is 1.99. The molecule has 0 saturated heterocycles. The normalized spacial score (nSPS) is 11.1. The Balaban J connectivity index is 2.11. The van der Waals surface area contributed by atoms with Gasteiger partial charge in [-0.3, -0.25) is 4.98 Å². The Morgan fingerprint density at radius 3 is 2.74 bits per heavy atom. The first-order valence-corrected chi connectivity index (χ1v) is 7.58. The Hall–Kier alpha value is -2.76. The lowest BCUT2D eigenvalue weighted by Crippen LogP contribution is -2.23. The molecule has 0 atom stereocenters. The number of pyridine rings is 1. The number of aromatic nitrogens is 1. The molecule has 1 heterocycles. The summed E-state index contributed by atoms with van der Waals surface area (Å²) in [5, 5.41) is 3.07. The molecule has 0 aliphatic rings. The van der Waals surface area contributed by atoms with Gasteiger partial charge in [0.25, 0.3) is 0 Å². The van der Waals surface area contributed by atoms with Crippen molar-refractivity contribution in [2.24, 2.45) is 10.7 Å². The van der Waals surface area contributed by atoms with Gasteiger partial charge < -0.3 is 20.5 Å². The molecule has 2 rings (SSSR count). The Kier molecular flexibility index (Phi) is 6.23. The van der Waals surface area contributed by atoms with E-state index in [9.17, 15) is 0 Å². The Bertz CT molecular complexity index is 644. The van der Waals surface area contributed by atoms with Crippen LogP contribution in [0.3, 0.4) is 0 Å². The molecule has 2 aromatic rings. The van der Waals surface area contributed by atoms with Crippen LogP contribution in [-0.4, -0.2) is 24.2 Å². The molecule has 0 aliphatic heterocycles. The van der Waals surface area contributed by atoms with Crippen LogP contribution in [0.25, 0.3) is 0 Å². The second kappa shape index (κ2) is 8.63. The molecule has 0 unspecified atom stereocenters. The molecular formula is C17H22N4O2. The number of anilines is 1. The summed E-state index contributed by atoms with van der Waals surface area (Å²) in [5.41, 5.74) is 7.68. The van der Waals surface area contributed by atoms with E-state index in [-0.39, 0.29) is 0 Å². The molecule has 0 fully saturated rings. The van der Waals surface area contributed by atoms with Crippen LogP contribution >= 0.6 is 0 Å². The number of benzene rings is 1. The van der Waals surface area contributed by atoms with E-state index in [1.807, 2.05) is 44.2 Å². The van der Waals surface area contributed by atoms with Crippen LogP contribution in [0, 0.1) is 0 Å². The first-order valence-electron chi connectivity index (χ1n) is 7.58. The number of ether oxygens (including phenoxy) is 2. The molecule has 23 heavy (non-hydrogen) atoms. The molecule has 0 spiro atoms. The summed E-state index contributed by atoms with van der Waals surface area (Å²) in [6.45, 7) is 5.49. The number of nitrogens with zero attached hydrogens (tertiary/aromatic N) is 2. The molecular weight excluding hydrogens is 292 g/mol. The highest BCUT2D eigenvalue weighted by Crippen LogP contribution is 2.29. The number of hydrogen-bond acceptors (Lipinski definition) is 4. The summed E-state index contributed by atoms with van der Waals surface area (Å²) in [7, 11) is 0. The average Bonchev–Trinajstić information content (AvgIpc) is 2.57. The van der Waals surface area contributed by atoms with Crippen LogP contribution < -0.4 is 20.5 Å². The lowest BCUT2D eigenvalue weighted by Gasteiger charge is -2.14. The van der Waals surface area contributed by atoms with Gasteiger partial charge in [-0.25, -0.2) is 4.99 Å². The Morgan fingerprint density at radius 2 is 2.04 bits per heavy atom. The van der Waals surface area contributed by atoms with Crippen LogP contribution in [0.15, 0.2) is 47.7 Å². The van der Waals surface area contributed by atoms with Crippen LogP contribution in [0.1, 0.15) is 19.4 Å². The maximum atomic E-state index is 5.96. The molecule has 0 saturated carbocycles. The molecule has 1 aromatic carbocycles. The molecule has 0 radical (unpaired) electrons. The summed E-state index contributed by atoms with van der Waals surface area (Å²) in [6, 6.07) is 9.38. The molecule has 0 amide bonds. The minimum absolute atomic E-state index is 0.309. The van der Waals surface area contributed by atoms with E-state index in [0.717, 1.165) is 17.0 Å². The van der Waals surface area contributed by atoms with Gasteiger partial charge in [0.2, 0.25) is 0 Å². The third-order valence-corrected chi connectivity index (χ3v) is 2.98. The van der Waals surface area contributed by atoms with Gasteiger partial charge in [-0.2, -0.15) is 0 Å². The van der Waals surface area contributed by atoms with E-state index >= 15 is 0 Å². The zero-order chi connectivity index (χ0) is 16.5. The van der Waals surface area contributed by atoms with Gasteiger partial charge in [0.15, 0.2) is 5.96 Å². The average molecular weight is 314 g/mol.